The van der Waals surface area contributed by atoms with E-state index >= 15 is 0 Å². The average molecular weight is 522 g/mol. The van der Waals surface area contributed by atoms with Crippen molar-refractivity contribution in [3.8, 4) is 5.75 Å². The van der Waals surface area contributed by atoms with Gasteiger partial charge in [-0.2, -0.15) is 0 Å². The Kier molecular flexibility index (Phi) is 7.04. The first-order valence-electron chi connectivity index (χ1n) is 12.7. The van der Waals surface area contributed by atoms with Crippen molar-refractivity contribution in [3.05, 3.63) is 35.9 Å². The lowest BCUT2D eigenvalue weighted by molar-refractivity contribution is -0.274. The van der Waals surface area contributed by atoms with Gasteiger partial charge in [-0.15, -0.1) is 13.2 Å². The molecule has 11 heteroatoms. The number of alkyl halides is 3. The second kappa shape index (κ2) is 10.3. The van der Waals surface area contributed by atoms with Crippen LogP contribution in [0.5, 0.6) is 5.75 Å². The summed E-state index contributed by atoms with van der Waals surface area (Å²) in [5.41, 5.74) is 0.598. The first kappa shape index (κ1) is 25.4. The van der Waals surface area contributed by atoms with Gasteiger partial charge < -0.3 is 24.6 Å². The fourth-order valence-electron chi connectivity index (χ4n) is 6.03. The monoisotopic (exact) mass is 521 g/mol. The highest BCUT2D eigenvalue weighted by atomic mass is 19.4. The van der Waals surface area contributed by atoms with Gasteiger partial charge in [-0.1, -0.05) is 12.1 Å². The van der Waals surface area contributed by atoms with Crippen LogP contribution < -0.4 is 10.1 Å². The van der Waals surface area contributed by atoms with Crippen LogP contribution >= 0.6 is 0 Å². The Morgan fingerprint density at radius 2 is 1.68 bits per heavy atom. The van der Waals surface area contributed by atoms with Crippen LogP contribution in [0.3, 0.4) is 0 Å². The second-order valence-electron chi connectivity index (χ2n) is 10.3. The molecule has 37 heavy (non-hydrogen) atoms. The number of likely N-dealkylation sites (tertiary alicyclic amines) is 2. The Hall–Kier alpha value is -3.24. The minimum absolute atomic E-state index is 0.0153. The van der Waals surface area contributed by atoms with Crippen LogP contribution in [0, 0.1) is 17.8 Å². The number of carbonyl (C=O) groups excluding carboxylic acids is 3. The number of ether oxygens (including phenoxy) is 2. The maximum Gasteiger partial charge on any atom is 0.573 e. The lowest BCUT2D eigenvalue weighted by Crippen LogP contribution is -2.43. The molecule has 3 heterocycles. The van der Waals surface area contributed by atoms with E-state index in [-0.39, 0.29) is 35.6 Å². The molecular weight excluding hydrogens is 491 g/mol. The van der Waals surface area contributed by atoms with Crippen LogP contribution in [0.1, 0.15) is 37.7 Å². The highest BCUT2D eigenvalue weighted by Gasteiger charge is 2.44. The predicted octanol–water partition coefficient (Wildman–Crippen LogP) is 3.57. The Morgan fingerprint density at radius 1 is 1.00 bits per heavy atom. The van der Waals surface area contributed by atoms with Crippen molar-refractivity contribution in [2.75, 3.05) is 26.2 Å². The number of amides is 3. The van der Waals surface area contributed by atoms with Gasteiger partial charge in [-0.3, -0.25) is 9.59 Å². The summed E-state index contributed by atoms with van der Waals surface area (Å²) in [5.74, 6) is 0.267. The molecule has 3 amide bonds. The third-order valence-corrected chi connectivity index (χ3v) is 7.97. The van der Waals surface area contributed by atoms with Crippen molar-refractivity contribution in [2.24, 2.45) is 17.8 Å². The molecule has 5 unspecified atom stereocenters. The largest absolute Gasteiger partial charge is 0.573 e. The summed E-state index contributed by atoms with van der Waals surface area (Å²) in [6, 6.07) is 5.36. The molecule has 3 saturated heterocycles. The Morgan fingerprint density at radius 3 is 2.32 bits per heavy atom. The fourth-order valence-corrected chi connectivity index (χ4v) is 6.03. The molecule has 1 N–H and O–H groups in total. The molecule has 200 valence electrons. The molecule has 8 nitrogen and oxygen atoms in total. The van der Waals surface area contributed by atoms with E-state index in [1.54, 1.807) is 11.0 Å². The number of benzene rings is 1. The van der Waals surface area contributed by atoms with E-state index in [2.05, 4.69) is 10.1 Å². The number of fused-ring (bicyclic) bond motifs is 2. The summed E-state index contributed by atoms with van der Waals surface area (Å²) in [7, 11) is 0. The van der Waals surface area contributed by atoms with Gasteiger partial charge in [0.25, 0.3) is 0 Å². The highest BCUT2D eigenvalue weighted by Crippen LogP contribution is 2.36. The van der Waals surface area contributed by atoms with Gasteiger partial charge in [0, 0.05) is 38.2 Å². The molecule has 5 atom stereocenters. The van der Waals surface area contributed by atoms with Crippen molar-refractivity contribution < 1.29 is 37.0 Å². The van der Waals surface area contributed by atoms with Crippen LogP contribution in [0.2, 0.25) is 0 Å². The lowest BCUT2D eigenvalue weighted by Gasteiger charge is -2.31. The summed E-state index contributed by atoms with van der Waals surface area (Å²) < 4.78 is 46.1. The highest BCUT2D eigenvalue weighted by molar-refractivity contribution is 5.91. The molecule has 4 fully saturated rings. The van der Waals surface area contributed by atoms with E-state index in [1.807, 2.05) is 4.90 Å². The van der Waals surface area contributed by atoms with Gasteiger partial charge in [0.2, 0.25) is 11.8 Å². The van der Waals surface area contributed by atoms with Crippen LogP contribution in [0.4, 0.5) is 18.0 Å². The van der Waals surface area contributed by atoms with Gasteiger partial charge in [0.1, 0.15) is 11.9 Å². The standard InChI is InChI=1S/C26H30F3N3O5/c27-26(28,29)37-20-5-1-16(2-6-20)3-8-23(33)31-11-9-18-14-32(15-19(18)10-12-31)24(34)17-4-7-21-22(13-17)36-25(35)30-21/h1-3,5-6,8,17-19,21-22H,4,7,9-15H2,(H,30,35)/b8-3+. The van der Waals surface area contributed by atoms with E-state index < -0.39 is 12.5 Å². The number of nitrogens with zero attached hydrogens (tertiary/aromatic N) is 2. The zero-order valence-electron chi connectivity index (χ0n) is 20.3. The third-order valence-electron chi connectivity index (χ3n) is 7.97. The van der Waals surface area contributed by atoms with Gasteiger partial charge in [0.05, 0.1) is 6.04 Å². The summed E-state index contributed by atoms with van der Waals surface area (Å²) in [5, 5.41) is 2.81. The summed E-state index contributed by atoms with van der Waals surface area (Å²) in [6.07, 6.45) is 1.37. The van der Waals surface area contributed by atoms with E-state index in [4.69, 9.17) is 4.74 Å². The number of nitrogens with one attached hydrogen (secondary N) is 1. The van der Waals surface area contributed by atoms with E-state index in [9.17, 15) is 27.6 Å². The molecule has 1 aromatic carbocycles. The molecule has 0 bridgehead atoms. The van der Waals surface area contributed by atoms with Gasteiger partial charge in [-0.25, -0.2) is 4.79 Å². The minimum Gasteiger partial charge on any atom is -0.444 e. The van der Waals surface area contributed by atoms with Crippen molar-refractivity contribution in [1.29, 1.82) is 0 Å². The average Bonchev–Trinajstić information content (AvgIpc) is 3.37. The van der Waals surface area contributed by atoms with Crippen LogP contribution in [0.15, 0.2) is 30.3 Å². The predicted molar refractivity (Wildman–Crippen MR) is 126 cm³/mol. The van der Waals surface area contributed by atoms with Crippen molar-refractivity contribution >= 4 is 24.0 Å². The molecule has 0 spiro atoms. The quantitative estimate of drug-likeness (QED) is 0.613. The first-order chi connectivity index (χ1) is 17.6. The molecule has 0 radical (unpaired) electrons. The number of halogens is 3. The zero-order chi connectivity index (χ0) is 26.2. The van der Waals surface area contributed by atoms with Gasteiger partial charge in [0.15, 0.2) is 0 Å². The summed E-state index contributed by atoms with van der Waals surface area (Å²) >= 11 is 0. The Labute approximate surface area is 212 Å². The van der Waals surface area contributed by atoms with Gasteiger partial charge in [-0.05, 0) is 67.7 Å². The molecule has 1 aromatic rings. The number of hydrogen-bond donors (Lipinski definition) is 1. The van der Waals surface area contributed by atoms with E-state index in [0.717, 1.165) is 25.7 Å². The third kappa shape index (κ3) is 6.02. The molecule has 0 aromatic heterocycles. The SMILES string of the molecule is O=C1NC2CCC(C(=O)N3CC4CCN(C(=O)/C=C/c5ccc(OC(F)(F)F)cc5)CCC4C3)CC2O1. The zero-order valence-corrected chi connectivity index (χ0v) is 20.3. The molecular formula is C26H30F3N3O5. The smallest absolute Gasteiger partial charge is 0.444 e. The van der Waals surface area contributed by atoms with Crippen molar-refractivity contribution in [3.63, 3.8) is 0 Å². The second-order valence-corrected chi connectivity index (χ2v) is 10.3. The lowest BCUT2D eigenvalue weighted by atomic mass is 9.83. The van der Waals surface area contributed by atoms with Gasteiger partial charge >= 0.3 is 12.5 Å². The number of hydrogen-bond acceptors (Lipinski definition) is 5. The maximum absolute atomic E-state index is 13.2. The molecule has 1 saturated carbocycles. The number of rotatable bonds is 4. The summed E-state index contributed by atoms with van der Waals surface area (Å²) in [6.45, 7) is 2.58. The van der Waals surface area contributed by atoms with Crippen molar-refractivity contribution in [2.45, 2.75) is 50.6 Å². The Balaban J connectivity index is 1.10. The van der Waals surface area contributed by atoms with E-state index in [1.165, 1.54) is 30.3 Å². The van der Waals surface area contributed by atoms with Crippen LogP contribution in [-0.2, 0) is 14.3 Å². The van der Waals surface area contributed by atoms with Crippen molar-refractivity contribution in [1.82, 2.24) is 15.1 Å². The number of carbonyl (C=O) groups is 3. The molecule has 1 aliphatic carbocycles. The molecule has 5 rings (SSSR count). The topological polar surface area (TPSA) is 88.2 Å². The van der Waals surface area contributed by atoms with Crippen LogP contribution in [-0.4, -0.2) is 72.4 Å². The maximum atomic E-state index is 13.2. The number of alkyl carbamates (subject to hydrolysis) is 1. The van der Waals surface area contributed by atoms with E-state index in [0.29, 0.717) is 50.0 Å². The van der Waals surface area contributed by atoms with Crippen LogP contribution in [0.25, 0.3) is 6.08 Å². The minimum atomic E-state index is -4.74. The fraction of sp³-hybridized carbons (Fsp3) is 0.577. The first-order valence-corrected chi connectivity index (χ1v) is 12.7. The molecule has 4 aliphatic rings. The normalized spacial score (nSPS) is 29.8. The summed E-state index contributed by atoms with van der Waals surface area (Å²) in [4.78, 5) is 41.2. The molecule has 3 aliphatic heterocycles. The Bertz CT molecular complexity index is 1040.